The maximum atomic E-state index is 12.0. The third kappa shape index (κ3) is 3.02. The van der Waals surface area contributed by atoms with Gasteiger partial charge in [-0.1, -0.05) is 0 Å². The van der Waals surface area contributed by atoms with Crippen LogP contribution in [0.15, 0.2) is 36.7 Å². The zero-order valence-corrected chi connectivity index (χ0v) is 13.7. The number of H-pyrrole nitrogens is 1. The number of ether oxygens (including phenoxy) is 1. The van der Waals surface area contributed by atoms with E-state index in [1.807, 2.05) is 24.3 Å². The van der Waals surface area contributed by atoms with Gasteiger partial charge in [-0.25, -0.2) is 9.59 Å². The molecule has 1 aliphatic rings. The molecule has 0 saturated heterocycles. The van der Waals surface area contributed by atoms with E-state index in [-0.39, 0.29) is 6.54 Å². The molecule has 1 aromatic carbocycles. The number of primary amides is 1. The number of aromatic amines is 1. The standard InChI is InChI=1S/C17H16N6O3/c18-16(24)20-8-11-5-10-6-12-14(7-13(10)21-17(25)26-11)22-23-15(12)9-1-3-19-4-2-9/h1-4,6-7,11H,5,8H2,(H,21,25)(H,22,23)(H3,18,20,24). The van der Waals surface area contributed by atoms with Crippen LogP contribution >= 0.6 is 0 Å². The van der Waals surface area contributed by atoms with E-state index < -0.39 is 18.2 Å². The summed E-state index contributed by atoms with van der Waals surface area (Å²) in [5, 5.41) is 13.5. The number of cyclic esters (lactones) is 1. The predicted molar refractivity (Wildman–Crippen MR) is 94.5 cm³/mol. The number of nitrogens with two attached hydrogens (primary N) is 1. The van der Waals surface area contributed by atoms with E-state index in [1.54, 1.807) is 12.4 Å². The number of anilines is 1. The van der Waals surface area contributed by atoms with Gasteiger partial charge in [-0.2, -0.15) is 5.10 Å². The summed E-state index contributed by atoms with van der Waals surface area (Å²) in [6.45, 7) is 0.142. The second kappa shape index (κ2) is 6.36. The molecule has 3 amide bonds. The third-order valence-corrected chi connectivity index (χ3v) is 4.20. The maximum Gasteiger partial charge on any atom is 0.411 e. The van der Waals surface area contributed by atoms with E-state index in [1.165, 1.54) is 0 Å². The van der Waals surface area contributed by atoms with Gasteiger partial charge in [0.15, 0.2) is 0 Å². The SMILES string of the molecule is NC(=O)NCC1Cc2cc3c(-c4ccncc4)n[nH]c3cc2NC(=O)O1. The first kappa shape index (κ1) is 15.9. The van der Waals surface area contributed by atoms with Crippen LogP contribution in [-0.2, 0) is 11.2 Å². The minimum absolute atomic E-state index is 0.142. The Labute approximate surface area is 147 Å². The Bertz CT molecular complexity index is 985. The summed E-state index contributed by atoms with van der Waals surface area (Å²) in [5.74, 6) is 0. The van der Waals surface area contributed by atoms with Crippen molar-refractivity contribution in [3.05, 3.63) is 42.2 Å². The lowest BCUT2D eigenvalue weighted by Gasteiger charge is -2.14. The van der Waals surface area contributed by atoms with E-state index in [2.05, 4.69) is 25.8 Å². The molecule has 1 aliphatic heterocycles. The highest BCUT2D eigenvalue weighted by atomic mass is 16.6. The number of amides is 3. The highest BCUT2D eigenvalue weighted by molar-refractivity contribution is 5.98. The minimum atomic E-state index is -0.663. The number of fused-ring (bicyclic) bond motifs is 2. The molecule has 0 aliphatic carbocycles. The Hall–Kier alpha value is -3.62. The van der Waals surface area contributed by atoms with Gasteiger partial charge in [-0.15, -0.1) is 0 Å². The average Bonchev–Trinajstić information content (AvgIpc) is 2.95. The van der Waals surface area contributed by atoms with Crippen LogP contribution in [0.2, 0.25) is 0 Å². The molecular weight excluding hydrogens is 336 g/mol. The number of pyridine rings is 1. The number of rotatable bonds is 3. The number of carbonyl (C=O) groups is 2. The molecule has 26 heavy (non-hydrogen) atoms. The minimum Gasteiger partial charge on any atom is -0.444 e. The quantitative estimate of drug-likeness (QED) is 0.570. The lowest BCUT2D eigenvalue weighted by molar-refractivity contribution is 0.113. The highest BCUT2D eigenvalue weighted by Gasteiger charge is 2.24. The Morgan fingerprint density at radius 1 is 1.35 bits per heavy atom. The van der Waals surface area contributed by atoms with E-state index >= 15 is 0 Å². The van der Waals surface area contributed by atoms with Crippen molar-refractivity contribution in [3.8, 4) is 11.3 Å². The summed E-state index contributed by atoms with van der Waals surface area (Å²) >= 11 is 0. The lowest BCUT2D eigenvalue weighted by atomic mass is 10.0. The molecule has 0 fully saturated rings. The Morgan fingerprint density at radius 2 is 2.15 bits per heavy atom. The largest absolute Gasteiger partial charge is 0.444 e. The van der Waals surface area contributed by atoms with Crippen LogP contribution in [0.25, 0.3) is 22.2 Å². The molecule has 1 unspecified atom stereocenters. The molecule has 3 aromatic rings. The Balaban J connectivity index is 1.74. The van der Waals surface area contributed by atoms with Gasteiger partial charge in [-0.05, 0) is 29.8 Å². The molecule has 2 aromatic heterocycles. The number of hydrogen-bond donors (Lipinski definition) is 4. The Kier molecular flexibility index (Phi) is 3.88. The van der Waals surface area contributed by atoms with E-state index in [0.717, 1.165) is 27.7 Å². The van der Waals surface area contributed by atoms with Crippen LogP contribution < -0.4 is 16.4 Å². The van der Waals surface area contributed by atoms with Crippen LogP contribution in [0, 0.1) is 0 Å². The molecule has 4 rings (SSSR count). The smallest absolute Gasteiger partial charge is 0.411 e. The van der Waals surface area contributed by atoms with Crippen molar-refractivity contribution in [2.45, 2.75) is 12.5 Å². The van der Waals surface area contributed by atoms with Crippen molar-refractivity contribution >= 4 is 28.7 Å². The van der Waals surface area contributed by atoms with Crippen molar-refractivity contribution in [2.24, 2.45) is 5.73 Å². The van der Waals surface area contributed by atoms with Gasteiger partial charge in [0, 0.05) is 35.5 Å². The number of urea groups is 1. The zero-order valence-electron chi connectivity index (χ0n) is 13.7. The summed E-state index contributed by atoms with van der Waals surface area (Å²) < 4.78 is 5.31. The molecule has 132 valence electrons. The number of carbonyl (C=O) groups excluding carboxylic acids is 2. The summed E-state index contributed by atoms with van der Waals surface area (Å²) in [5.41, 5.74) is 9.16. The normalized spacial score (nSPS) is 16.3. The predicted octanol–water partition coefficient (Wildman–Crippen LogP) is 1.77. The molecule has 1 atom stereocenters. The van der Waals surface area contributed by atoms with Crippen molar-refractivity contribution in [1.82, 2.24) is 20.5 Å². The van der Waals surface area contributed by atoms with Gasteiger partial charge in [0.2, 0.25) is 0 Å². The molecule has 3 heterocycles. The molecule has 5 N–H and O–H groups in total. The fourth-order valence-corrected chi connectivity index (χ4v) is 3.03. The number of nitrogens with one attached hydrogen (secondary N) is 3. The topological polar surface area (TPSA) is 135 Å². The van der Waals surface area contributed by atoms with Crippen LogP contribution in [0.4, 0.5) is 15.3 Å². The molecule has 9 nitrogen and oxygen atoms in total. The average molecular weight is 352 g/mol. The molecular formula is C17H16N6O3. The number of nitrogens with zero attached hydrogens (tertiary/aromatic N) is 2. The van der Waals surface area contributed by atoms with Crippen LogP contribution in [0.5, 0.6) is 0 Å². The molecule has 0 radical (unpaired) electrons. The number of aromatic nitrogens is 3. The number of benzene rings is 1. The molecule has 0 saturated carbocycles. The van der Waals surface area contributed by atoms with Gasteiger partial charge in [-0.3, -0.25) is 15.4 Å². The van der Waals surface area contributed by atoms with Gasteiger partial charge in [0.25, 0.3) is 0 Å². The van der Waals surface area contributed by atoms with Crippen molar-refractivity contribution in [2.75, 3.05) is 11.9 Å². The maximum absolute atomic E-state index is 12.0. The van der Waals surface area contributed by atoms with Crippen LogP contribution in [0.1, 0.15) is 5.56 Å². The van der Waals surface area contributed by atoms with Gasteiger partial charge in [0.05, 0.1) is 12.1 Å². The van der Waals surface area contributed by atoms with Crippen molar-refractivity contribution in [3.63, 3.8) is 0 Å². The molecule has 9 heteroatoms. The first-order valence-corrected chi connectivity index (χ1v) is 8.02. The van der Waals surface area contributed by atoms with Crippen LogP contribution in [-0.4, -0.2) is 40.0 Å². The molecule has 0 spiro atoms. The van der Waals surface area contributed by atoms with Gasteiger partial charge >= 0.3 is 12.1 Å². The first-order chi connectivity index (χ1) is 12.6. The Morgan fingerprint density at radius 3 is 2.92 bits per heavy atom. The second-order valence-corrected chi connectivity index (χ2v) is 5.96. The first-order valence-electron chi connectivity index (χ1n) is 8.02. The van der Waals surface area contributed by atoms with E-state index in [0.29, 0.717) is 12.1 Å². The lowest BCUT2D eigenvalue weighted by Crippen LogP contribution is -2.38. The third-order valence-electron chi connectivity index (χ3n) is 4.20. The zero-order chi connectivity index (χ0) is 18.1. The monoisotopic (exact) mass is 352 g/mol. The molecule has 0 bridgehead atoms. The van der Waals surface area contributed by atoms with Crippen molar-refractivity contribution < 1.29 is 14.3 Å². The summed E-state index contributed by atoms with van der Waals surface area (Å²) in [7, 11) is 0. The van der Waals surface area contributed by atoms with E-state index in [9.17, 15) is 9.59 Å². The second-order valence-electron chi connectivity index (χ2n) is 5.96. The van der Waals surface area contributed by atoms with E-state index in [4.69, 9.17) is 10.5 Å². The van der Waals surface area contributed by atoms with Gasteiger partial charge < -0.3 is 15.8 Å². The summed E-state index contributed by atoms with van der Waals surface area (Å²) in [4.78, 5) is 26.9. The van der Waals surface area contributed by atoms with Crippen LogP contribution in [0.3, 0.4) is 0 Å². The summed E-state index contributed by atoms with van der Waals surface area (Å²) in [6, 6.07) is 6.89. The fraction of sp³-hybridized carbons (Fsp3) is 0.176. The summed E-state index contributed by atoms with van der Waals surface area (Å²) in [6.07, 6.45) is 2.76. The number of hydrogen-bond acceptors (Lipinski definition) is 5. The fourth-order valence-electron chi connectivity index (χ4n) is 3.03. The van der Waals surface area contributed by atoms with Crippen molar-refractivity contribution in [1.29, 1.82) is 0 Å². The highest BCUT2D eigenvalue weighted by Crippen LogP contribution is 2.32. The van der Waals surface area contributed by atoms with Gasteiger partial charge in [0.1, 0.15) is 11.8 Å².